The molecule has 0 bridgehead atoms. The van der Waals surface area contributed by atoms with Gasteiger partial charge in [-0.2, -0.15) is 0 Å². The maximum Gasteiger partial charge on any atom is 0.411 e. The monoisotopic (exact) mass is 351 g/mol. The Morgan fingerprint density at radius 1 is 1.45 bits per heavy atom. The van der Waals surface area contributed by atoms with Crippen molar-refractivity contribution < 1.29 is 24.2 Å². The summed E-state index contributed by atoms with van der Waals surface area (Å²) in [7, 11) is 0. The molecule has 0 radical (unpaired) electrons. The molecule has 0 aromatic heterocycles. The molecule has 1 amide bonds. The smallest absolute Gasteiger partial charge is 0.411 e. The molecule has 1 saturated heterocycles. The highest BCUT2D eigenvalue weighted by Crippen LogP contribution is 2.32. The molecule has 1 fully saturated rings. The van der Waals surface area contributed by atoms with Gasteiger partial charge in [0.05, 0.1) is 19.3 Å². The van der Waals surface area contributed by atoms with Gasteiger partial charge in [0.25, 0.3) is 0 Å². The predicted octanol–water partition coefficient (Wildman–Crippen LogP) is 2.25. The van der Waals surface area contributed by atoms with Crippen molar-refractivity contribution in [1.29, 1.82) is 0 Å². The average molecular weight is 352 g/mol. The van der Waals surface area contributed by atoms with Crippen LogP contribution in [0.1, 0.15) is 34.1 Å². The molecule has 1 N–H and O–H groups in total. The molecule has 0 aromatic carbocycles. The molecule has 20 heavy (non-hydrogen) atoms. The Labute approximate surface area is 127 Å². The van der Waals surface area contributed by atoms with E-state index in [2.05, 4.69) is 15.9 Å². The third-order valence-corrected chi connectivity index (χ3v) is 3.44. The number of carboxylic acid groups (broad SMARTS) is 1. The van der Waals surface area contributed by atoms with Gasteiger partial charge in [-0.3, -0.25) is 4.90 Å². The van der Waals surface area contributed by atoms with Crippen LogP contribution in [-0.4, -0.2) is 57.8 Å². The second-order valence-corrected chi connectivity index (χ2v) is 6.85. The molecule has 1 rings (SSSR count). The Hall–Kier alpha value is -0.820. The van der Waals surface area contributed by atoms with Crippen LogP contribution in [0.25, 0.3) is 0 Å². The minimum absolute atomic E-state index is 0.227. The van der Waals surface area contributed by atoms with Gasteiger partial charge < -0.3 is 14.6 Å². The number of carboxylic acids is 1. The quantitative estimate of drug-likeness (QED) is 0.786. The number of carbonyl (C=O) groups is 2. The van der Waals surface area contributed by atoms with Crippen LogP contribution in [0.3, 0.4) is 0 Å². The van der Waals surface area contributed by atoms with Crippen LogP contribution in [0.4, 0.5) is 4.79 Å². The van der Waals surface area contributed by atoms with Gasteiger partial charge in [-0.1, -0.05) is 15.9 Å². The summed E-state index contributed by atoms with van der Waals surface area (Å²) < 4.78 is 10.8. The number of amides is 1. The number of aliphatic carboxylic acids is 1. The topological polar surface area (TPSA) is 76.1 Å². The van der Waals surface area contributed by atoms with Crippen molar-refractivity contribution in [3.63, 3.8) is 0 Å². The number of hydrogen-bond acceptors (Lipinski definition) is 4. The lowest BCUT2D eigenvalue weighted by Crippen LogP contribution is -2.52. The molecule has 2 atom stereocenters. The number of alkyl halides is 1. The molecule has 1 aliphatic rings. The van der Waals surface area contributed by atoms with E-state index >= 15 is 0 Å². The van der Waals surface area contributed by atoms with E-state index in [4.69, 9.17) is 9.47 Å². The van der Waals surface area contributed by atoms with Crippen molar-refractivity contribution in [2.24, 2.45) is 0 Å². The maximum atomic E-state index is 12.2. The third-order valence-electron chi connectivity index (χ3n) is 3.11. The van der Waals surface area contributed by atoms with E-state index in [9.17, 15) is 14.7 Å². The van der Waals surface area contributed by atoms with E-state index in [0.29, 0.717) is 11.9 Å². The van der Waals surface area contributed by atoms with E-state index < -0.39 is 23.2 Å². The number of rotatable bonds is 4. The SMILES string of the molecule is CC(C)(C)OC(=O)N1C[C@@H](OCCBr)C[C@@]1(C)C(=O)O. The third kappa shape index (κ3) is 4.09. The summed E-state index contributed by atoms with van der Waals surface area (Å²) in [6.07, 6.45) is -0.650. The number of carbonyl (C=O) groups excluding carboxylic acids is 1. The first-order chi connectivity index (χ1) is 9.10. The Balaban J connectivity index is 2.85. The van der Waals surface area contributed by atoms with Crippen molar-refractivity contribution in [2.75, 3.05) is 18.5 Å². The molecule has 0 saturated carbocycles. The molecule has 1 aliphatic heterocycles. The lowest BCUT2D eigenvalue weighted by molar-refractivity contribution is -0.148. The predicted molar refractivity (Wildman–Crippen MR) is 77.1 cm³/mol. The summed E-state index contributed by atoms with van der Waals surface area (Å²) in [5.74, 6) is -1.05. The highest BCUT2D eigenvalue weighted by molar-refractivity contribution is 9.09. The summed E-state index contributed by atoms with van der Waals surface area (Å²) in [6, 6.07) is 0. The van der Waals surface area contributed by atoms with Gasteiger partial charge in [0.1, 0.15) is 11.1 Å². The first-order valence-electron chi connectivity index (χ1n) is 6.52. The lowest BCUT2D eigenvalue weighted by atomic mass is 9.99. The molecule has 0 spiro atoms. The second-order valence-electron chi connectivity index (χ2n) is 6.06. The van der Waals surface area contributed by atoms with Crippen LogP contribution < -0.4 is 0 Å². The van der Waals surface area contributed by atoms with Crippen LogP contribution in [0.15, 0.2) is 0 Å². The zero-order valence-electron chi connectivity index (χ0n) is 12.3. The fourth-order valence-corrected chi connectivity index (χ4v) is 2.33. The van der Waals surface area contributed by atoms with Crippen molar-refractivity contribution >= 4 is 28.0 Å². The van der Waals surface area contributed by atoms with Gasteiger partial charge in [0.15, 0.2) is 0 Å². The molecule has 6 nitrogen and oxygen atoms in total. The summed E-state index contributed by atoms with van der Waals surface area (Å²) in [4.78, 5) is 24.9. The molecular weight excluding hydrogens is 330 g/mol. The summed E-state index contributed by atoms with van der Waals surface area (Å²) in [5.41, 5.74) is -1.95. The van der Waals surface area contributed by atoms with E-state index in [0.717, 1.165) is 0 Å². The fourth-order valence-electron chi connectivity index (χ4n) is 2.14. The molecule has 0 aromatic rings. The van der Waals surface area contributed by atoms with Crippen LogP contribution >= 0.6 is 15.9 Å². The van der Waals surface area contributed by atoms with Crippen molar-refractivity contribution in [1.82, 2.24) is 4.90 Å². The van der Waals surface area contributed by atoms with E-state index in [1.165, 1.54) is 11.8 Å². The number of ether oxygens (including phenoxy) is 2. The van der Waals surface area contributed by atoms with Crippen molar-refractivity contribution in [3.05, 3.63) is 0 Å². The highest BCUT2D eigenvalue weighted by Gasteiger charge is 2.51. The Bertz CT molecular complexity index is 381. The zero-order chi connectivity index (χ0) is 15.6. The van der Waals surface area contributed by atoms with E-state index in [-0.39, 0.29) is 19.1 Å². The van der Waals surface area contributed by atoms with Crippen LogP contribution in [0, 0.1) is 0 Å². The average Bonchev–Trinajstić information content (AvgIpc) is 2.63. The Kier molecular flexibility index (Phi) is 5.43. The standard InChI is InChI=1S/C13H22BrNO5/c1-12(2,3)20-11(18)15-8-9(19-6-5-14)7-13(15,4)10(16)17/h9H,5-8H2,1-4H3,(H,16,17)/t9-,13-/m0/s1. The number of nitrogens with zero attached hydrogens (tertiary/aromatic N) is 1. The maximum absolute atomic E-state index is 12.2. The van der Waals surface area contributed by atoms with Crippen molar-refractivity contribution in [3.8, 4) is 0 Å². The fraction of sp³-hybridized carbons (Fsp3) is 0.846. The minimum Gasteiger partial charge on any atom is -0.480 e. The second kappa shape index (κ2) is 6.30. The van der Waals surface area contributed by atoms with Crippen LogP contribution in [0.2, 0.25) is 0 Å². The molecule has 7 heteroatoms. The molecule has 0 aliphatic carbocycles. The zero-order valence-corrected chi connectivity index (χ0v) is 13.9. The van der Waals surface area contributed by atoms with E-state index in [1.807, 2.05) is 0 Å². The minimum atomic E-state index is -1.29. The lowest BCUT2D eigenvalue weighted by Gasteiger charge is -2.32. The van der Waals surface area contributed by atoms with Gasteiger partial charge >= 0.3 is 12.1 Å². The largest absolute Gasteiger partial charge is 0.480 e. The molecular formula is C13H22BrNO5. The summed E-state index contributed by atoms with van der Waals surface area (Å²) in [5, 5.41) is 10.1. The van der Waals surface area contributed by atoms with Crippen molar-refractivity contribution in [2.45, 2.75) is 51.4 Å². The number of halogens is 1. The van der Waals surface area contributed by atoms with Crippen LogP contribution in [0.5, 0.6) is 0 Å². The first-order valence-corrected chi connectivity index (χ1v) is 7.64. The number of likely N-dealkylation sites (tertiary alicyclic amines) is 1. The summed E-state index contributed by atoms with van der Waals surface area (Å²) >= 11 is 3.25. The van der Waals surface area contributed by atoms with E-state index in [1.54, 1.807) is 20.8 Å². The first kappa shape index (κ1) is 17.2. The van der Waals surface area contributed by atoms with Gasteiger partial charge in [-0.05, 0) is 27.7 Å². The molecule has 116 valence electrons. The summed E-state index contributed by atoms with van der Waals surface area (Å²) in [6.45, 7) is 7.47. The number of hydrogen-bond donors (Lipinski definition) is 1. The van der Waals surface area contributed by atoms with Gasteiger partial charge in [-0.15, -0.1) is 0 Å². The van der Waals surface area contributed by atoms with Gasteiger partial charge in [0.2, 0.25) is 0 Å². The van der Waals surface area contributed by atoms with Gasteiger partial charge in [0, 0.05) is 11.8 Å². The molecule has 1 heterocycles. The molecule has 0 unspecified atom stereocenters. The van der Waals surface area contributed by atoms with Crippen LogP contribution in [-0.2, 0) is 14.3 Å². The normalized spacial score (nSPS) is 26.6. The Morgan fingerprint density at radius 2 is 2.05 bits per heavy atom. The van der Waals surface area contributed by atoms with Gasteiger partial charge in [-0.25, -0.2) is 9.59 Å². The Morgan fingerprint density at radius 3 is 2.50 bits per heavy atom. The highest BCUT2D eigenvalue weighted by atomic mass is 79.9.